The van der Waals surface area contributed by atoms with Crippen LogP contribution in [0.3, 0.4) is 0 Å². The Morgan fingerprint density at radius 1 is 1.05 bits per heavy atom. The Kier molecular flexibility index (Phi) is 3.60. The van der Waals surface area contributed by atoms with Crippen LogP contribution in [0.2, 0.25) is 0 Å². The molecule has 0 unspecified atom stereocenters. The van der Waals surface area contributed by atoms with Crippen LogP contribution in [-0.2, 0) is 0 Å². The first-order chi connectivity index (χ1) is 10.2. The van der Waals surface area contributed by atoms with Crippen LogP contribution < -0.4 is 15.8 Å². The number of nitrogens with two attached hydrogens (primary N) is 1. The zero-order valence-electron chi connectivity index (χ0n) is 11.8. The molecule has 0 saturated carbocycles. The van der Waals surface area contributed by atoms with Crippen molar-refractivity contribution in [3.8, 4) is 5.75 Å². The molecule has 3 N–H and O–H groups in total. The Morgan fingerprint density at radius 2 is 1.86 bits per heavy atom. The Hall–Kier alpha value is -2.75. The zero-order chi connectivity index (χ0) is 14.7. The Bertz CT molecular complexity index is 754. The van der Waals surface area contributed by atoms with Crippen molar-refractivity contribution in [3.63, 3.8) is 0 Å². The summed E-state index contributed by atoms with van der Waals surface area (Å²) in [4.78, 5) is 4.57. The standard InChI is InChI=1S/C17H17N3O/c1-2-21-15-7-5-14(6-8-15)19-17-10-3-12-11-13(18)4-9-16(12)20-17/h3-11H,2,18H2,1H3,(H,19,20). The van der Waals surface area contributed by atoms with Gasteiger partial charge in [-0.1, -0.05) is 0 Å². The van der Waals surface area contributed by atoms with Crippen LogP contribution in [0.25, 0.3) is 10.9 Å². The molecule has 0 aliphatic carbocycles. The van der Waals surface area contributed by atoms with E-state index in [0.29, 0.717) is 6.61 Å². The summed E-state index contributed by atoms with van der Waals surface area (Å²) >= 11 is 0. The van der Waals surface area contributed by atoms with Crippen LogP contribution in [0.4, 0.5) is 17.2 Å². The molecule has 0 atom stereocenters. The molecule has 0 bridgehead atoms. The maximum Gasteiger partial charge on any atom is 0.131 e. The van der Waals surface area contributed by atoms with Gasteiger partial charge in [-0.3, -0.25) is 0 Å². The van der Waals surface area contributed by atoms with Crippen molar-refractivity contribution >= 4 is 28.1 Å². The van der Waals surface area contributed by atoms with Gasteiger partial charge in [0.05, 0.1) is 12.1 Å². The normalized spacial score (nSPS) is 10.5. The second-order valence-corrected chi connectivity index (χ2v) is 4.73. The maximum atomic E-state index is 5.77. The predicted molar refractivity (Wildman–Crippen MR) is 87.0 cm³/mol. The Balaban J connectivity index is 1.82. The molecule has 3 aromatic rings. The fourth-order valence-corrected chi connectivity index (χ4v) is 2.16. The minimum Gasteiger partial charge on any atom is -0.494 e. The average Bonchev–Trinajstić information content (AvgIpc) is 2.50. The second kappa shape index (κ2) is 5.71. The number of anilines is 3. The number of hydrogen-bond acceptors (Lipinski definition) is 4. The van der Waals surface area contributed by atoms with E-state index in [1.165, 1.54) is 0 Å². The number of nitrogen functional groups attached to an aromatic ring is 1. The first-order valence-corrected chi connectivity index (χ1v) is 6.91. The minimum atomic E-state index is 0.669. The van der Waals surface area contributed by atoms with Crippen LogP contribution in [0, 0.1) is 0 Å². The molecule has 1 aromatic heterocycles. The fraction of sp³-hybridized carbons (Fsp3) is 0.118. The summed E-state index contributed by atoms with van der Waals surface area (Å²) in [5, 5.41) is 4.32. The molecule has 106 valence electrons. The Labute approximate surface area is 123 Å². The van der Waals surface area contributed by atoms with E-state index in [-0.39, 0.29) is 0 Å². The molecular formula is C17H17N3O. The second-order valence-electron chi connectivity index (χ2n) is 4.73. The number of aromatic nitrogens is 1. The number of nitrogens with one attached hydrogen (secondary N) is 1. The van der Waals surface area contributed by atoms with Crippen molar-refractivity contribution in [3.05, 3.63) is 54.6 Å². The van der Waals surface area contributed by atoms with Crippen LogP contribution >= 0.6 is 0 Å². The first kappa shape index (κ1) is 13.2. The van der Waals surface area contributed by atoms with Gasteiger partial charge in [-0.25, -0.2) is 4.98 Å². The summed E-state index contributed by atoms with van der Waals surface area (Å²) in [5.41, 5.74) is 8.41. The van der Waals surface area contributed by atoms with Crippen molar-refractivity contribution in [2.24, 2.45) is 0 Å². The van der Waals surface area contributed by atoms with Gasteiger partial charge in [-0.2, -0.15) is 0 Å². The summed E-state index contributed by atoms with van der Waals surface area (Å²) < 4.78 is 5.42. The molecule has 3 rings (SSSR count). The highest BCUT2D eigenvalue weighted by Gasteiger charge is 2.00. The molecule has 21 heavy (non-hydrogen) atoms. The number of fused-ring (bicyclic) bond motifs is 1. The van der Waals surface area contributed by atoms with E-state index in [0.717, 1.165) is 33.8 Å². The van der Waals surface area contributed by atoms with Gasteiger partial charge in [0.2, 0.25) is 0 Å². The van der Waals surface area contributed by atoms with E-state index in [4.69, 9.17) is 10.5 Å². The third kappa shape index (κ3) is 3.05. The molecule has 1 heterocycles. The third-order valence-electron chi connectivity index (χ3n) is 3.15. The molecule has 4 heteroatoms. The number of benzene rings is 2. The molecule has 0 saturated heterocycles. The van der Waals surface area contributed by atoms with Gasteiger partial charge in [-0.05, 0) is 61.5 Å². The average molecular weight is 279 g/mol. The third-order valence-corrected chi connectivity index (χ3v) is 3.15. The lowest BCUT2D eigenvalue weighted by Gasteiger charge is -2.08. The van der Waals surface area contributed by atoms with Gasteiger partial charge in [0, 0.05) is 16.8 Å². The molecule has 0 aliphatic rings. The van der Waals surface area contributed by atoms with E-state index in [1.54, 1.807) is 0 Å². The highest BCUT2D eigenvalue weighted by atomic mass is 16.5. The fourth-order valence-electron chi connectivity index (χ4n) is 2.16. The largest absolute Gasteiger partial charge is 0.494 e. The lowest BCUT2D eigenvalue weighted by molar-refractivity contribution is 0.340. The topological polar surface area (TPSA) is 60.2 Å². The number of hydrogen-bond donors (Lipinski definition) is 2. The highest BCUT2D eigenvalue weighted by Crippen LogP contribution is 2.22. The quantitative estimate of drug-likeness (QED) is 0.710. The minimum absolute atomic E-state index is 0.669. The molecule has 2 aromatic carbocycles. The van der Waals surface area contributed by atoms with Crippen molar-refractivity contribution in [1.82, 2.24) is 4.98 Å². The maximum absolute atomic E-state index is 5.77. The van der Waals surface area contributed by atoms with Gasteiger partial charge in [-0.15, -0.1) is 0 Å². The number of nitrogens with zero attached hydrogens (tertiary/aromatic N) is 1. The van der Waals surface area contributed by atoms with E-state index < -0.39 is 0 Å². The molecule has 0 amide bonds. The Morgan fingerprint density at radius 3 is 2.62 bits per heavy atom. The lowest BCUT2D eigenvalue weighted by atomic mass is 10.2. The van der Waals surface area contributed by atoms with E-state index in [9.17, 15) is 0 Å². The van der Waals surface area contributed by atoms with Gasteiger partial charge in [0.25, 0.3) is 0 Å². The van der Waals surface area contributed by atoms with Crippen LogP contribution in [0.1, 0.15) is 6.92 Å². The van der Waals surface area contributed by atoms with Crippen LogP contribution in [0.15, 0.2) is 54.6 Å². The van der Waals surface area contributed by atoms with E-state index in [2.05, 4.69) is 10.3 Å². The van der Waals surface area contributed by atoms with E-state index >= 15 is 0 Å². The van der Waals surface area contributed by atoms with E-state index in [1.807, 2.05) is 61.5 Å². The van der Waals surface area contributed by atoms with Crippen molar-refractivity contribution in [2.45, 2.75) is 6.92 Å². The van der Waals surface area contributed by atoms with Gasteiger partial charge in [0.15, 0.2) is 0 Å². The smallest absolute Gasteiger partial charge is 0.131 e. The van der Waals surface area contributed by atoms with Crippen LogP contribution in [-0.4, -0.2) is 11.6 Å². The number of rotatable bonds is 4. The molecule has 0 aliphatic heterocycles. The first-order valence-electron chi connectivity index (χ1n) is 6.91. The zero-order valence-corrected chi connectivity index (χ0v) is 11.8. The summed E-state index contributed by atoms with van der Waals surface area (Å²) in [6.45, 7) is 2.64. The SMILES string of the molecule is CCOc1ccc(Nc2ccc3cc(N)ccc3n2)cc1. The molecule has 0 radical (unpaired) electrons. The van der Waals surface area contributed by atoms with Crippen molar-refractivity contribution in [2.75, 3.05) is 17.7 Å². The summed E-state index contributed by atoms with van der Waals surface area (Å²) in [6, 6.07) is 17.5. The lowest BCUT2D eigenvalue weighted by Crippen LogP contribution is -1.95. The van der Waals surface area contributed by atoms with Gasteiger partial charge < -0.3 is 15.8 Å². The predicted octanol–water partition coefficient (Wildman–Crippen LogP) is 3.96. The molecular weight excluding hydrogens is 262 g/mol. The molecule has 0 fully saturated rings. The molecule has 4 nitrogen and oxygen atoms in total. The highest BCUT2D eigenvalue weighted by molar-refractivity contribution is 5.83. The van der Waals surface area contributed by atoms with Crippen LogP contribution in [0.5, 0.6) is 5.75 Å². The number of pyridine rings is 1. The molecule has 0 spiro atoms. The van der Waals surface area contributed by atoms with Gasteiger partial charge in [0.1, 0.15) is 11.6 Å². The number of ether oxygens (including phenoxy) is 1. The summed E-state index contributed by atoms with van der Waals surface area (Å²) in [6.07, 6.45) is 0. The summed E-state index contributed by atoms with van der Waals surface area (Å²) in [5.74, 6) is 1.67. The monoisotopic (exact) mass is 279 g/mol. The van der Waals surface area contributed by atoms with Crippen molar-refractivity contribution < 1.29 is 4.74 Å². The van der Waals surface area contributed by atoms with Gasteiger partial charge >= 0.3 is 0 Å². The van der Waals surface area contributed by atoms with Crippen molar-refractivity contribution in [1.29, 1.82) is 0 Å². The summed E-state index contributed by atoms with van der Waals surface area (Å²) in [7, 11) is 0.